The molecule has 2 atom stereocenters. The molecule has 2 saturated heterocycles. The van der Waals surface area contributed by atoms with Crippen LogP contribution in [0.5, 0.6) is 0 Å². The Kier molecular flexibility index (Phi) is 3.26. The summed E-state index contributed by atoms with van der Waals surface area (Å²) < 4.78 is 1.19. The summed E-state index contributed by atoms with van der Waals surface area (Å²) in [5.41, 5.74) is 7.30. The minimum absolute atomic E-state index is 0.381. The number of anilines is 1. The van der Waals surface area contributed by atoms with E-state index in [1.807, 2.05) is 6.07 Å². The molecule has 2 heterocycles. The highest BCUT2D eigenvalue weighted by atomic mass is 127. The Bertz CT molecular complexity index is 423. The van der Waals surface area contributed by atoms with Gasteiger partial charge in [-0.05, 0) is 66.5 Å². The second-order valence-electron chi connectivity index (χ2n) is 5.12. The molecule has 0 saturated carbocycles. The second-order valence-corrected chi connectivity index (χ2v) is 6.77. The van der Waals surface area contributed by atoms with Crippen molar-refractivity contribution in [3.63, 3.8) is 0 Å². The number of hydrogen-bond donors (Lipinski definition) is 1. The number of rotatable bonds is 1. The van der Waals surface area contributed by atoms with E-state index in [1.165, 1.54) is 22.1 Å². The largest absolute Gasteiger partial charge is 0.364 e. The molecule has 17 heavy (non-hydrogen) atoms. The topological polar surface area (TPSA) is 29.3 Å². The maximum atomic E-state index is 6.38. The van der Waals surface area contributed by atoms with Crippen LogP contribution in [0.1, 0.15) is 25.7 Å². The van der Waals surface area contributed by atoms with Gasteiger partial charge >= 0.3 is 0 Å². The molecule has 0 aromatic heterocycles. The third-order valence-electron chi connectivity index (χ3n) is 3.96. The van der Waals surface area contributed by atoms with Gasteiger partial charge in [-0.2, -0.15) is 0 Å². The lowest BCUT2D eigenvalue weighted by Gasteiger charge is -2.40. The van der Waals surface area contributed by atoms with Crippen LogP contribution >= 0.6 is 34.2 Å². The third kappa shape index (κ3) is 2.17. The molecule has 2 N–H and O–H groups in total. The van der Waals surface area contributed by atoms with Gasteiger partial charge in [0.25, 0.3) is 0 Å². The maximum absolute atomic E-state index is 6.38. The van der Waals surface area contributed by atoms with Crippen LogP contribution in [0, 0.1) is 3.57 Å². The zero-order valence-electron chi connectivity index (χ0n) is 9.57. The van der Waals surface area contributed by atoms with Crippen molar-refractivity contribution in [3.8, 4) is 0 Å². The van der Waals surface area contributed by atoms with Crippen molar-refractivity contribution in [2.45, 2.75) is 43.8 Å². The van der Waals surface area contributed by atoms with Crippen LogP contribution in [-0.2, 0) is 0 Å². The molecule has 4 heteroatoms. The normalized spacial score (nSPS) is 31.9. The van der Waals surface area contributed by atoms with E-state index in [2.05, 4.69) is 39.6 Å². The van der Waals surface area contributed by atoms with Crippen molar-refractivity contribution >= 4 is 39.9 Å². The summed E-state index contributed by atoms with van der Waals surface area (Å²) in [6.45, 7) is 0. The Morgan fingerprint density at radius 2 is 1.88 bits per heavy atom. The standard InChI is InChI=1S/C13H16ClIN2/c14-12-5-8(15)1-4-13(12)17-10-2-3-11(17)7-9(16)6-10/h1,4-5,9-11H,2-3,6-7,16H2. The number of nitrogens with two attached hydrogens (primary N) is 1. The van der Waals surface area contributed by atoms with Gasteiger partial charge in [-0.1, -0.05) is 11.6 Å². The minimum Gasteiger partial charge on any atom is -0.364 e. The molecule has 0 amide bonds. The van der Waals surface area contributed by atoms with Crippen LogP contribution in [0.4, 0.5) is 5.69 Å². The molecule has 2 unspecified atom stereocenters. The summed E-state index contributed by atoms with van der Waals surface area (Å²) >= 11 is 8.68. The van der Waals surface area contributed by atoms with Gasteiger partial charge in [0.15, 0.2) is 0 Å². The van der Waals surface area contributed by atoms with Gasteiger partial charge in [-0.15, -0.1) is 0 Å². The molecule has 0 radical (unpaired) electrons. The smallest absolute Gasteiger partial charge is 0.0650 e. The lowest BCUT2D eigenvalue weighted by molar-refractivity contribution is 0.414. The molecule has 0 spiro atoms. The Morgan fingerprint density at radius 3 is 2.47 bits per heavy atom. The average molecular weight is 363 g/mol. The molecule has 1 aromatic rings. The Balaban J connectivity index is 1.94. The number of nitrogens with zero attached hydrogens (tertiary/aromatic N) is 1. The third-order valence-corrected chi connectivity index (χ3v) is 4.93. The molecule has 2 bridgehead atoms. The lowest BCUT2D eigenvalue weighted by atomic mass is 9.97. The molecule has 0 aliphatic carbocycles. The zero-order chi connectivity index (χ0) is 12.0. The Morgan fingerprint density at radius 1 is 1.24 bits per heavy atom. The van der Waals surface area contributed by atoms with Crippen molar-refractivity contribution in [1.29, 1.82) is 0 Å². The van der Waals surface area contributed by atoms with Gasteiger partial charge in [-0.3, -0.25) is 0 Å². The van der Waals surface area contributed by atoms with E-state index >= 15 is 0 Å². The molecule has 2 nitrogen and oxygen atoms in total. The van der Waals surface area contributed by atoms with E-state index in [9.17, 15) is 0 Å². The molecule has 2 fully saturated rings. The van der Waals surface area contributed by atoms with Crippen LogP contribution in [0.2, 0.25) is 5.02 Å². The molecular formula is C13H16ClIN2. The van der Waals surface area contributed by atoms with E-state index in [0.29, 0.717) is 18.1 Å². The second kappa shape index (κ2) is 4.59. The monoisotopic (exact) mass is 362 g/mol. The number of fused-ring (bicyclic) bond motifs is 2. The fourth-order valence-corrected chi connectivity index (χ4v) is 4.26. The number of benzene rings is 1. The van der Waals surface area contributed by atoms with Crippen LogP contribution in [-0.4, -0.2) is 18.1 Å². The van der Waals surface area contributed by atoms with Crippen LogP contribution in [0.15, 0.2) is 18.2 Å². The molecule has 2 aliphatic heterocycles. The summed E-state index contributed by atoms with van der Waals surface area (Å²) in [6.07, 6.45) is 4.75. The fourth-order valence-electron chi connectivity index (χ4n) is 3.30. The molecule has 1 aromatic carbocycles. The van der Waals surface area contributed by atoms with E-state index in [1.54, 1.807) is 0 Å². The SMILES string of the molecule is NC1CC2CCC(C1)N2c1ccc(I)cc1Cl. The van der Waals surface area contributed by atoms with E-state index in [4.69, 9.17) is 17.3 Å². The first-order valence-corrected chi connectivity index (χ1v) is 7.60. The van der Waals surface area contributed by atoms with Crippen molar-refractivity contribution in [2.24, 2.45) is 5.73 Å². The summed E-state index contributed by atoms with van der Waals surface area (Å²) in [4.78, 5) is 2.52. The van der Waals surface area contributed by atoms with E-state index in [-0.39, 0.29) is 0 Å². The summed E-state index contributed by atoms with van der Waals surface area (Å²) in [5.74, 6) is 0. The first-order chi connectivity index (χ1) is 8.15. The minimum atomic E-state index is 0.381. The molecular weight excluding hydrogens is 347 g/mol. The predicted molar refractivity (Wildman–Crippen MR) is 80.7 cm³/mol. The summed E-state index contributed by atoms with van der Waals surface area (Å²) in [7, 11) is 0. The first-order valence-electron chi connectivity index (χ1n) is 6.14. The number of piperidine rings is 1. The van der Waals surface area contributed by atoms with Gasteiger partial charge < -0.3 is 10.6 Å². The van der Waals surface area contributed by atoms with Gasteiger partial charge in [-0.25, -0.2) is 0 Å². The average Bonchev–Trinajstić information content (AvgIpc) is 2.53. The molecule has 92 valence electrons. The van der Waals surface area contributed by atoms with Gasteiger partial charge in [0.1, 0.15) is 0 Å². The zero-order valence-corrected chi connectivity index (χ0v) is 12.5. The summed E-state index contributed by atoms with van der Waals surface area (Å²) in [6, 6.07) is 7.92. The first kappa shape index (κ1) is 12.1. The molecule has 3 rings (SSSR count). The summed E-state index contributed by atoms with van der Waals surface area (Å²) in [5, 5.41) is 0.879. The van der Waals surface area contributed by atoms with Crippen LogP contribution < -0.4 is 10.6 Å². The van der Waals surface area contributed by atoms with Gasteiger partial charge in [0.2, 0.25) is 0 Å². The quantitative estimate of drug-likeness (QED) is 0.776. The highest BCUT2D eigenvalue weighted by molar-refractivity contribution is 14.1. The van der Waals surface area contributed by atoms with Crippen LogP contribution in [0.3, 0.4) is 0 Å². The van der Waals surface area contributed by atoms with Crippen molar-refractivity contribution < 1.29 is 0 Å². The van der Waals surface area contributed by atoms with E-state index < -0.39 is 0 Å². The van der Waals surface area contributed by atoms with Gasteiger partial charge in [0, 0.05) is 21.7 Å². The molecule has 2 aliphatic rings. The maximum Gasteiger partial charge on any atom is 0.0650 e. The predicted octanol–water partition coefficient (Wildman–Crippen LogP) is 3.40. The van der Waals surface area contributed by atoms with Crippen molar-refractivity contribution in [1.82, 2.24) is 0 Å². The van der Waals surface area contributed by atoms with Crippen LogP contribution in [0.25, 0.3) is 0 Å². The van der Waals surface area contributed by atoms with Gasteiger partial charge in [0.05, 0.1) is 10.7 Å². The van der Waals surface area contributed by atoms with Crippen molar-refractivity contribution in [3.05, 3.63) is 26.8 Å². The van der Waals surface area contributed by atoms with E-state index in [0.717, 1.165) is 17.9 Å². The Hall–Kier alpha value is -0.0000000000000000555. The van der Waals surface area contributed by atoms with Crippen molar-refractivity contribution in [2.75, 3.05) is 4.90 Å². The number of halogens is 2. The lowest BCUT2D eigenvalue weighted by Crippen LogP contribution is -2.47. The Labute approximate surface area is 121 Å². The highest BCUT2D eigenvalue weighted by Crippen LogP contribution is 2.41. The number of hydrogen-bond acceptors (Lipinski definition) is 2. The fraction of sp³-hybridized carbons (Fsp3) is 0.538. The highest BCUT2D eigenvalue weighted by Gasteiger charge is 2.40.